The van der Waals surface area contributed by atoms with E-state index in [0.29, 0.717) is 19.6 Å². The Morgan fingerprint density at radius 2 is 2.14 bits per heavy atom. The van der Waals surface area contributed by atoms with Crippen molar-refractivity contribution < 1.29 is 19.4 Å². The van der Waals surface area contributed by atoms with Crippen molar-refractivity contribution in [2.45, 2.75) is 24.4 Å². The topological polar surface area (TPSA) is 92.9 Å². The lowest BCUT2D eigenvalue weighted by Gasteiger charge is -2.36. The number of carboxylic acids is 1. The van der Waals surface area contributed by atoms with Crippen molar-refractivity contribution in [3.8, 4) is 0 Å². The fourth-order valence-electron chi connectivity index (χ4n) is 3.04. The minimum absolute atomic E-state index is 0.157. The van der Waals surface area contributed by atoms with Gasteiger partial charge in [-0.3, -0.25) is 9.59 Å². The Labute approximate surface area is 122 Å². The number of hydrogen-bond donors (Lipinski definition) is 2. The van der Waals surface area contributed by atoms with Gasteiger partial charge in [0.15, 0.2) is 0 Å². The zero-order valence-electron chi connectivity index (χ0n) is 11.6. The van der Waals surface area contributed by atoms with Crippen LogP contribution in [0.5, 0.6) is 0 Å². The van der Waals surface area contributed by atoms with Gasteiger partial charge in [-0.05, 0) is 17.5 Å². The number of nitrogens with zero attached hydrogens (tertiary/aromatic N) is 1. The first kappa shape index (κ1) is 14.0. The molecule has 2 atom stereocenters. The van der Waals surface area contributed by atoms with Gasteiger partial charge in [-0.15, -0.1) is 0 Å². The van der Waals surface area contributed by atoms with Gasteiger partial charge in [-0.1, -0.05) is 24.3 Å². The predicted molar refractivity (Wildman–Crippen MR) is 74.6 cm³/mol. The molecular weight excluding hydrogens is 272 g/mol. The number of carbonyl (C=O) groups excluding carboxylic acids is 1. The first-order chi connectivity index (χ1) is 10.0. The highest BCUT2D eigenvalue weighted by molar-refractivity contribution is 5.88. The van der Waals surface area contributed by atoms with Gasteiger partial charge >= 0.3 is 5.97 Å². The molecule has 6 heteroatoms. The molecule has 1 amide bonds. The summed E-state index contributed by atoms with van der Waals surface area (Å²) >= 11 is 0. The molecule has 21 heavy (non-hydrogen) atoms. The quantitative estimate of drug-likeness (QED) is 0.818. The van der Waals surface area contributed by atoms with Crippen molar-refractivity contribution in [1.29, 1.82) is 0 Å². The molecule has 3 rings (SSSR count). The number of amides is 1. The highest BCUT2D eigenvalue weighted by Crippen LogP contribution is 2.30. The van der Waals surface area contributed by atoms with Gasteiger partial charge in [-0.25, -0.2) is 0 Å². The summed E-state index contributed by atoms with van der Waals surface area (Å²) in [6.07, 6.45) is 0.474. The van der Waals surface area contributed by atoms with Gasteiger partial charge < -0.3 is 20.5 Å². The molecule has 0 saturated carbocycles. The van der Waals surface area contributed by atoms with E-state index < -0.39 is 17.4 Å². The third kappa shape index (κ3) is 2.41. The van der Waals surface area contributed by atoms with Crippen LogP contribution in [0.15, 0.2) is 24.3 Å². The van der Waals surface area contributed by atoms with Crippen LogP contribution in [0, 0.1) is 0 Å². The predicted octanol–water partition coefficient (Wildman–Crippen LogP) is 0.315. The molecule has 0 spiro atoms. The van der Waals surface area contributed by atoms with Gasteiger partial charge in [-0.2, -0.15) is 0 Å². The molecule has 1 fully saturated rings. The molecule has 0 aromatic heterocycles. The first-order valence-corrected chi connectivity index (χ1v) is 6.98. The number of fused-ring (bicyclic) bond motifs is 1. The SMILES string of the molecule is NC1(C(=O)N2Cc3ccccc3C(C(=O)O)C2)CCOC1. The number of carbonyl (C=O) groups is 2. The van der Waals surface area contributed by atoms with Gasteiger partial charge in [0, 0.05) is 19.7 Å². The summed E-state index contributed by atoms with van der Waals surface area (Å²) in [4.78, 5) is 25.7. The van der Waals surface area contributed by atoms with E-state index in [0.717, 1.165) is 11.1 Å². The molecule has 2 aliphatic heterocycles. The molecule has 1 aromatic rings. The Balaban J connectivity index is 1.89. The molecule has 6 nitrogen and oxygen atoms in total. The highest BCUT2D eigenvalue weighted by Gasteiger charge is 2.43. The zero-order valence-corrected chi connectivity index (χ0v) is 11.6. The van der Waals surface area contributed by atoms with Crippen molar-refractivity contribution in [1.82, 2.24) is 4.90 Å². The summed E-state index contributed by atoms with van der Waals surface area (Å²) in [5, 5.41) is 9.42. The third-order valence-electron chi connectivity index (χ3n) is 4.26. The van der Waals surface area contributed by atoms with Crippen molar-refractivity contribution >= 4 is 11.9 Å². The molecule has 1 aromatic carbocycles. The molecule has 2 aliphatic rings. The highest BCUT2D eigenvalue weighted by atomic mass is 16.5. The van der Waals surface area contributed by atoms with E-state index in [1.807, 2.05) is 24.3 Å². The number of benzene rings is 1. The first-order valence-electron chi connectivity index (χ1n) is 6.98. The fourth-order valence-corrected chi connectivity index (χ4v) is 3.04. The van der Waals surface area contributed by atoms with Crippen LogP contribution in [0.1, 0.15) is 23.5 Å². The molecule has 2 heterocycles. The lowest BCUT2D eigenvalue weighted by Crippen LogP contribution is -2.57. The van der Waals surface area contributed by atoms with E-state index in [4.69, 9.17) is 10.5 Å². The molecule has 2 unspecified atom stereocenters. The number of ether oxygens (including phenoxy) is 1. The average Bonchev–Trinajstić information content (AvgIpc) is 2.93. The van der Waals surface area contributed by atoms with E-state index >= 15 is 0 Å². The second-order valence-corrected chi connectivity index (χ2v) is 5.73. The molecule has 0 radical (unpaired) electrons. The summed E-state index contributed by atoms with van der Waals surface area (Å²) < 4.78 is 5.23. The Bertz CT molecular complexity index is 581. The number of carboxylic acid groups (broad SMARTS) is 1. The summed E-state index contributed by atoms with van der Waals surface area (Å²) in [6.45, 7) is 1.22. The molecule has 112 valence electrons. The number of rotatable bonds is 2. The van der Waals surface area contributed by atoms with Crippen LogP contribution >= 0.6 is 0 Å². The Hall–Kier alpha value is -1.92. The monoisotopic (exact) mass is 290 g/mol. The number of aliphatic carboxylic acids is 1. The molecule has 1 saturated heterocycles. The van der Waals surface area contributed by atoms with Crippen molar-refractivity contribution in [3.05, 3.63) is 35.4 Å². The van der Waals surface area contributed by atoms with Crippen LogP contribution in [0.25, 0.3) is 0 Å². The van der Waals surface area contributed by atoms with Crippen LogP contribution in [0.2, 0.25) is 0 Å². The average molecular weight is 290 g/mol. The summed E-state index contributed by atoms with van der Waals surface area (Å²) in [7, 11) is 0. The van der Waals surface area contributed by atoms with Crippen LogP contribution in [0.3, 0.4) is 0 Å². The minimum atomic E-state index is -1.02. The number of hydrogen-bond acceptors (Lipinski definition) is 4. The van der Waals surface area contributed by atoms with E-state index in [-0.39, 0.29) is 19.1 Å². The van der Waals surface area contributed by atoms with Gasteiger partial charge in [0.1, 0.15) is 5.54 Å². The Kier molecular flexibility index (Phi) is 3.43. The van der Waals surface area contributed by atoms with Crippen LogP contribution in [0.4, 0.5) is 0 Å². The molecule has 3 N–H and O–H groups in total. The standard InChI is InChI=1S/C15H18N2O4/c16-15(5-6-21-9-15)14(20)17-7-10-3-1-2-4-11(10)12(8-17)13(18)19/h1-4,12H,5-9,16H2,(H,18,19). The van der Waals surface area contributed by atoms with Crippen LogP contribution < -0.4 is 5.73 Å². The van der Waals surface area contributed by atoms with Gasteiger partial charge in [0.05, 0.1) is 12.5 Å². The maximum Gasteiger partial charge on any atom is 0.312 e. The minimum Gasteiger partial charge on any atom is -0.481 e. The van der Waals surface area contributed by atoms with E-state index in [1.54, 1.807) is 4.90 Å². The van der Waals surface area contributed by atoms with Crippen LogP contribution in [-0.4, -0.2) is 47.2 Å². The maximum atomic E-state index is 12.6. The van der Waals surface area contributed by atoms with Gasteiger partial charge in [0.25, 0.3) is 0 Å². The second kappa shape index (κ2) is 5.13. The Morgan fingerprint density at radius 1 is 1.38 bits per heavy atom. The number of nitrogens with two attached hydrogens (primary N) is 1. The van der Waals surface area contributed by atoms with Crippen LogP contribution in [-0.2, 0) is 20.9 Å². The van der Waals surface area contributed by atoms with Crippen molar-refractivity contribution in [2.24, 2.45) is 5.73 Å². The smallest absolute Gasteiger partial charge is 0.312 e. The summed E-state index contributed by atoms with van der Waals surface area (Å²) in [5.74, 6) is -1.85. The third-order valence-corrected chi connectivity index (χ3v) is 4.26. The lowest BCUT2D eigenvalue weighted by molar-refractivity contribution is -0.143. The normalized spacial score (nSPS) is 28.2. The molecule has 0 bridgehead atoms. The van der Waals surface area contributed by atoms with E-state index in [1.165, 1.54) is 0 Å². The molecule has 0 aliphatic carbocycles. The lowest BCUT2D eigenvalue weighted by atomic mass is 9.88. The fraction of sp³-hybridized carbons (Fsp3) is 0.467. The summed E-state index contributed by atoms with van der Waals surface area (Å²) in [5.41, 5.74) is 6.74. The zero-order chi connectivity index (χ0) is 15.0. The summed E-state index contributed by atoms with van der Waals surface area (Å²) in [6, 6.07) is 7.34. The van der Waals surface area contributed by atoms with Crippen molar-refractivity contribution in [3.63, 3.8) is 0 Å². The second-order valence-electron chi connectivity index (χ2n) is 5.73. The van der Waals surface area contributed by atoms with E-state index in [9.17, 15) is 14.7 Å². The van der Waals surface area contributed by atoms with E-state index in [2.05, 4.69) is 0 Å². The Morgan fingerprint density at radius 3 is 2.81 bits per heavy atom. The largest absolute Gasteiger partial charge is 0.481 e. The van der Waals surface area contributed by atoms with Crippen molar-refractivity contribution in [2.75, 3.05) is 19.8 Å². The maximum absolute atomic E-state index is 12.6. The molecular formula is C15H18N2O4. The van der Waals surface area contributed by atoms with Gasteiger partial charge in [0.2, 0.25) is 5.91 Å².